The van der Waals surface area contributed by atoms with Crippen molar-refractivity contribution in [3.63, 3.8) is 0 Å². The Morgan fingerprint density at radius 2 is 1.24 bits per heavy atom. The van der Waals surface area contributed by atoms with Crippen LogP contribution in [0.25, 0.3) is 0 Å². The molecule has 0 aliphatic carbocycles. The number of carbonyl (C=O) groups excluding carboxylic acids is 2. The minimum absolute atomic E-state index is 0.0346. The molecule has 0 aliphatic heterocycles. The molecule has 4 N–H and O–H groups in total. The molecule has 6 nitrogen and oxygen atoms in total. The normalized spacial score (nSPS) is 11.9. The lowest BCUT2D eigenvalue weighted by atomic mass is 10.1. The lowest BCUT2D eigenvalue weighted by Gasteiger charge is -2.07. The highest BCUT2D eigenvalue weighted by molar-refractivity contribution is 5.95. The number of aliphatic carboxylic acids is 1. The molecule has 0 aliphatic rings. The lowest BCUT2D eigenvalue weighted by Crippen LogP contribution is -2.34. The second-order valence-electron chi connectivity index (χ2n) is 6.74. The molecule has 0 aromatic heterocycles. The largest absolute Gasteiger partial charge is 0.480 e. The first kappa shape index (κ1) is 23.6. The van der Waals surface area contributed by atoms with Crippen LogP contribution in [-0.4, -0.2) is 28.9 Å². The number of nitrogens with one attached hydrogen (secondary N) is 1. The van der Waals surface area contributed by atoms with Crippen LogP contribution >= 0.6 is 0 Å². The summed E-state index contributed by atoms with van der Waals surface area (Å²) in [5.41, 5.74) is 5.31. The average molecular weight is 357 g/mol. The summed E-state index contributed by atoms with van der Waals surface area (Å²) in [6.07, 6.45) is 13.7. The maximum Gasteiger partial charge on any atom is 0.320 e. The van der Waals surface area contributed by atoms with E-state index in [0.29, 0.717) is 6.42 Å². The van der Waals surface area contributed by atoms with Crippen molar-refractivity contribution in [1.82, 2.24) is 5.32 Å². The Bertz CT molecular complexity index is 386. The van der Waals surface area contributed by atoms with Crippen molar-refractivity contribution in [2.24, 2.45) is 5.73 Å². The van der Waals surface area contributed by atoms with E-state index in [1.807, 2.05) is 0 Å². The van der Waals surface area contributed by atoms with Crippen LogP contribution in [-0.2, 0) is 14.4 Å². The standard InChI is InChI=1S/C19H36N2O4/c1-2-3-4-5-6-7-8-9-10-11-12-13-17(22)21-18(23)15-14-16(20)19(24)25/h16H,2-15,20H2,1H3,(H,24,25)(H,21,22,23). The van der Waals surface area contributed by atoms with Gasteiger partial charge in [-0.05, 0) is 12.8 Å². The molecule has 0 radical (unpaired) electrons. The molecule has 0 bridgehead atoms. The Hall–Kier alpha value is -1.43. The number of carbonyl (C=O) groups is 3. The van der Waals surface area contributed by atoms with Crippen LogP contribution in [0.2, 0.25) is 0 Å². The Balaban J connectivity index is 3.43. The molecule has 0 saturated carbocycles. The van der Waals surface area contributed by atoms with Gasteiger partial charge in [-0.15, -0.1) is 0 Å². The summed E-state index contributed by atoms with van der Waals surface area (Å²) < 4.78 is 0. The molecule has 0 fully saturated rings. The van der Waals surface area contributed by atoms with Crippen LogP contribution < -0.4 is 11.1 Å². The third kappa shape index (κ3) is 15.8. The topological polar surface area (TPSA) is 109 Å². The molecule has 1 atom stereocenters. The molecular formula is C19H36N2O4. The van der Waals surface area contributed by atoms with Crippen molar-refractivity contribution >= 4 is 17.8 Å². The van der Waals surface area contributed by atoms with Crippen LogP contribution in [0.5, 0.6) is 0 Å². The van der Waals surface area contributed by atoms with Crippen LogP contribution in [0.1, 0.15) is 96.8 Å². The molecule has 2 amide bonds. The van der Waals surface area contributed by atoms with Gasteiger partial charge in [-0.1, -0.05) is 71.1 Å². The minimum atomic E-state index is -1.14. The molecular weight excluding hydrogens is 320 g/mol. The number of amides is 2. The summed E-state index contributed by atoms with van der Waals surface area (Å²) in [6, 6.07) is -1.06. The molecule has 0 heterocycles. The number of unbranched alkanes of at least 4 members (excludes halogenated alkanes) is 10. The van der Waals surface area contributed by atoms with Crippen molar-refractivity contribution in [2.45, 2.75) is 103 Å². The van der Waals surface area contributed by atoms with Crippen molar-refractivity contribution < 1.29 is 19.5 Å². The van der Waals surface area contributed by atoms with Gasteiger partial charge >= 0.3 is 5.97 Å². The molecule has 25 heavy (non-hydrogen) atoms. The van der Waals surface area contributed by atoms with Crippen LogP contribution in [0.4, 0.5) is 0 Å². The van der Waals surface area contributed by atoms with Gasteiger partial charge in [-0.3, -0.25) is 19.7 Å². The van der Waals surface area contributed by atoms with Gasteiger partial charge in [-0.25, -0.2) is 0 Å². The summed E-state index contributed by atoms with van der Waals surface area (Å²) >= 11 is 0. The van der Waals surface area contributed by atoms with E-state index < -0.39 is 17.9 Å². The van der Waals surface area contributed by atoms with Gasteiger partial charge in [0.1, 0.15) is 6.04 Å². The van der Waals surface area contributed by atoms with Crippen molar-refractivity contribution in [1.29, 1.82) is 0 Å². The second-order valence-corrected chi connectivity index (χ2v) is 6.74. The quantitative estimate of drug-likeness (QED) is 0.367. The van der Waals surface area contributed by atoms with Crippen molar-refractivity contribution in [3.8, 4) is 0 Å². The number of carboxylic acid groups (broad SMARTS) is 1. The van der Waals surface area contributed by atoms with E-state index in [1.54, 1.807) is 0 Å². The fraction of sp³-hybridized carbons (Fsp3) is 0.842. The first-order valence-electron chi connectivity index (χ1n) is 9.78. The predicted molar refractivity (Wildman–Crippen MR) is 99.1 cm³/mol. The number of imide groups is 1. The SMILES string of the molecule is CCCCCCCCCCCCCC(=O)NC(=O)CCC(N)C(=O)O. The summed E-state index contributed by atoms with van der Waals surface area (Å²) in [5.74, 6) is -1.88. The first-order valence-corrected chi connectivity index (χ1v) is 9.78. The van der Waals surface area contributed by atoms with Gasteiger partial charge in [0.2, 0.25) is 11.8 Å². The van der Waals surface area contributed by atoms with E-state index in [1.165, 1.54) is 51.4 Å². The molecule has 0 rings (SSSR count). The number of hydrogen-bond donors (Lipinski definition) is 3. The van der Waals surface area contributed by atoms with Crippen LogP contribution in [0.3, 0.4) is 0 Å². The minimum Gasteiger partial charge on any atom is -0.480 e. The van der Waals surface area contributed by atoms with E-state index in [2.05, 4.69) is 12.2 Å². The zero-order chi connectivity index (χ0) is 18.9. The van der Waals surface area contributed by atoms with Crippen LogP contribution in [0.15, 0.2) is 0 Å². The number of hydrogen-bond acceptors (Lipinski definition) is 4. The Morgan fingerprint density at radius 3 is 1.72 bits per heavy atom. The zero-order valence-electron chi connectivity index (χ0n) is 15.7. The lowest BCUT2D eigenvalue weighted by molar-refractivity contribution is -0.138. The van der Waals surface area contributed by atoms with E-state index in [0.717, 1.165) is 19.3 Å². The maximum atomic E-state index is 11.6. The number of rotatable bonds is 16. The van der Waals surface area contributed by atoms with E-state index in [9.17, 15) is 14.4 Å². The van der Waals surface area contributed by atoms with E-state index in [4.69, 9.17) is 10.8 Å². The van der Waals surface area contributed by atoms with E-state index in [-0.39, 0.29) is 18.7 Å². The van der Waals surface area contributed by atoms with Gasteiger partial charge < -0.3 is 10.8 Å². The predicted octanol–water partition coefficient (Wildman–Crippen LogP) is 3.52. The second kappa shape index (κ2) is 16.1. The Kier molecular flexibility index (Phi) is 15.1. The molecule has 0 saturated heterocycles. The highest BCUT2D eigenvalue weighted by Gasteiger charge is 2.14. The monoisotopic (exact) mass is 356 g/mol. The van der Waals surface area contributed by atoms with Crippen molar-refractivity contribution in [3.05, 3.63) is 0 Å². The van der Waals surface area contributed by atoms with E-state index >= 15 is 0 Å². The Morgan fingerprint density at radius 1 is 0.800 bits per heavy atom. The molecule has 146 valence electrons. The smallest absolute Gasteiger partial charge is 0.320 e. The Labute approximate surface area is 151 Å². The third-order valence-corrected chi connectivity index (χ3v) is 4.29. The zero-order valence-corrected chi connectivity index (χ0v) is 15.7. The highest BCUT2D eigenvalue weighted by Crippen LogP contribution is 2.11. The molecule has 1 unspecified atom stereocenters. The van der Waals surface area contributed by atoms with Crippen LogP contribution in [0, 0.1) is 0 Å². The third-order valence-electron chi connectivity index (χ3n) is 4.29. The first-order chi connectivity index (χ1) is 12.0. The van der Waals surface area contributed by atoms with Gasteiger partial charge in [0, 0.05) is 12.8 Å². The summed E-state index contributed by atoms with van der Waals surface area (Å²) in [6.45, 7) is 2.23. The highest BCUT2D eigenvalue weighted by atomic mass is 16.4. The van der Waals surface area contributed by atoms with Gasteiger partial charge in [-0.2, -0.15) is 0 Å². The summed E-state index contributed by atoms with van der Waals surface area (Å²) in [4.78, 5) is 33.7. The fourth-order valence-electron chi connectivity index (χ4n) is 2.64. The van der Waals surface area contributed by atoms with Gasteiger partial charge in [0.25, 0.3) is 0 Å². The van der Waals surface area contributed by atoms with Crippen molar-refractivity contribution in [2.75, 3.05) is 0 Å². The molecule has 0 aromatic carbocycles. The molecule has 0 aromatic rings. The fourth-order valence-corrected chi connectivity index (χ4v) is 2.64. The molecule has 0 spiro atoms. The van der Waals surface area contributed by atoms with Gasteiger partial charge in [0.15, 0.2) is 0 Å². The summed E-state index contributed by atoms with van der Waals surface area (Å²) in [5, 5.41) is 10.9. The number of carboxylic acids is 1. The molecule has 6 heteroatoms. The summed E-state index contributed by atoms with van der Waals surface area (Å²) in [7, 11) is 0. The van der Waals surface area contributed by atoms with Gasteiger partial charge in [0.05, 0.1) is 0 Å². The number of nitrogens with two attached hydrogens (primary N) is 1. The maximum absolute atomic E-state index is 11.6. The average Bonchev–Trinajstić information content (AvgIpc) is 2.57.